The second-order valence-electron chi connectivity index (χ2n) is 9.37. The molecule has 0 saturated carbocycles. The molecule has 1 amide bonds. The normalized spacial score (nSPS) is 11.4. The first-order chi connectivity index (χ1) is 21.0. The highest BCUT2D eigenvalue weighted by Crippen LogP contribution is 2.37. The molecule has 4 rings (SSSR count). The van der Waals surface area contributed by atoms with Crippen molar-refractivity contribution in [3.8, 4) is 11.5 Å². The number of rotatable bonds is 12. The Bertz CT molecular complexity index is 1770. The second-order valence-corrected chi connectivity index (χ2v) is 13.8. The zero-order valence-electron chi connectivity index (χ0n) is 23.9. The molecule has 0 atom stereocenters. The van der Waals surface area contributed by atoms with Gasteiger partial charge in [-0.05, 0) is 95.3 Å². The fraction of sp³-hybridized carbons (Fsp3) is 0.161. The van der Waals surface area contributed by atoms with Gasteiger partial charge in [-0.2, -0.15) is 5.10 Å². The SMILES string of the molecule is COc1cc(/C=N\NC(=O)CN(c2ccc(C)cc2)S(=O)(=O)c2ccc(SC)cc2)cc(Br)c1OCc1ccc(Cl)cc1Cl. The molecule has 0 aliphatic heterocycles. The number of carbonyl (C=O) groups excluding carboxylic acids is 1. The average Bonchev–Trinajstić information content (AvgIpc) is 3.00. The standard InChI is InChI=1S/C31H28BrCl2N3O5S2/c1-20-4-8-24(9-5-20)37(44(39,40)26-12-10-25(43-3)11-13-26)18-30(38)36-35-17-21-14-27(32)31(29(15-21)41-2)42-19-22-6-7-23(33)16-28(22)34/h4-17H,18-19H2,1-3H3,(H,36,38)/b35-17-. The number of methoxy groups -OCH3 is 1. The maximum absolute atomic E-state index is 13.6. The molecule has 0 saturated heterocycles. The summed E-state index contributed by atoms with van der Waals surface area (Å²) < 4.78 is 40.3. The molecule has 4 aromatic carbocycles. The Balaban J connectivity index is 1.49. The van der Waals surface area contributed by atoms with Crippen molar-refractivity contribution < 1.29 is 22.7 Å². The number of anilines is 1. The number of benzene rings is 4. The molecule has 0 aliphatic rings. The van der Waals surface area contributed by atoms with Gasteiger partial charge in [0.1, 0.15) is 13.2 Å². The highest BCUT2D eigenvalue weighted by Gasteiger charge is 2.27. The van der Waals surface area contributed by atoms with Crippen molar-refractivity contribution >= 4 is 78.7 Å². The Morgan fingerprint density at radius 1 is 1.05 bits per heavy atom. The summed E-state index contributed by atoms with van der Waals surface area (Å²) in [6.45, 7) is 1.59. The number of hydrazone groups is 1. The van der Waals surface area contributed by atoms with Crippen LogP contribution in [0.1, 0.15) is 16.7 Å². The number of ether oxygens (including phenoxy) is 2. The van der Waals surface area contributed by atoms with Crippen molar-refractivity contribution in [2.24, 2.45) is 5.10 Å². The molecule has 0 aromatic heterocycles. The smallest absolute Gasteiger partial charge is 0.264 e. The maximum atomic E-state index is 13.6. The van der Waals surface area contributed by atoms with Crippen LogP contribution in [0, 0.1) is 6.92 Å². The zero-order valence-corrected chi connectivity index (χ0v) is 28.6. The van der Waals surface area contributed by atoms with Crippen molar-refractivity contribution in [2.45, 2.75) is 23.3 Å². The van der Waals surface area contributed by atoms with E-state index in [-0.39, 0.29) is 11.5 Å². The third-order valence-corrected chi connectivity index (χ3v) is 10.0. The summed E-state index contributed by atoms with van der Waals surface area (Å²) in [7, 11) is -2.55. The van der Waals surface area contributed by atoms with Crippen molar-refractivity contribution in [1.82, 2.24) is 5.43 Å². The van der Waals surface area contributed by atoms with Crippen LogP contribution in [0.15, 0.2) is 98.2 Å². The third kappa shape index (κ3) is 8.48. The van der Waals surface area contributed by atoms with E-state index in [1.54, 1.807) is 66.7 Å². The quantitative estimate of drug-likeness (QED) is 0.0909. The van der Waals surface area contributed by atoms with Crippen LogP contribution in [0.5, 0.6) is 11.5 Å². The van der Waals surface area contributed by atoms with E-state index in [0.29, 0.717) is 37.3 Å². The first-order valence-corrected chi connectivity index (χ1v) is 17.2. The molecular formula is C31H28BrCl2N3O5S2. The van der Waals surface area contributed by atoms with Crippen molar-refractivity contribution in [1.29, 1.82) is 0 Å². The van der Waals surface area contributed by atoms with E-state index in [1.165, 1.54) is 37.2 Å². The molecule has 13 heteroatoms. The Labute approximate surface area is 279 Å². The molecular weight excluding hydrogens is 709 g/mol. The number of sulfonamides is 1. The summed E-state index contributed by atoms with van der Waals surface area (Å²) >= 11 is 17.2. The van der Waals surface area contributed by atoms with Crippen molar-refractivity contribution in [3.05, 3.63) is 110 Å². The Morgan fingerprint density at radius 2 is 1.75 bits per heavy atom. The number of thioether (sulfide) groups is 1. The number of hydrogen-bond acceptors (Lipinski definition) is 7. The fourth-order valence-electron chi connectivity index (χ4n) is 3.99. The van der Waals surface area contributed by atoms with Gasteiger partial charge in [-0.1, -0.05) is 47.0 Å². The van der Waals surface area contributed by atoms with Gasteiger partial charge in [-0.25, -0.2) is 13.8 Å². The molecule has 230 valence electrons. The van der Waals surface area contributed by atoms with Crippen LogP contribution in [-0.4, -0.2) is 40.4 Å². The number of nitrogens with one attached hydrogen (secondary N) is 1. The summed E-state index contributed by atoms with van der Waals surface area (Å²) in [4.78, 5) is 14.0. The van der Waals surface area contributed by atoms with E-state index in [0.717, 1.165) is 20.3 Å². The predicted molar refractivity (Wildman–Crippen MR) is 181 cm³/mol. The third-order valence-electron chi connectivity index (χ3n) is 6.30. The van der Waals surface area contributed by atoms with Crippen LogP contribution >= 0.6 is 50.9 Å². The summed E-state index contributed by atoms with van der Waals surface area (Å²) in [5, 5.41) is 5.05. The monoisotopic (exact) mass is 735 g/mol. The number of hydrogen-bond donors (Lipinski definition) is 1. The van der Waals surface area contributed by atoms with E-state index < -0.39 is 22.5 Å². The van der Waals surface area contributed by atoms with E-state index in [2.05, 4.69) is 26.5 Å². The van der Waals surface area contributed by atoms with Gasteiger partial charge >= 0.3 is 0 Å². The first-order valence-electron chi connectivity index (χ1n) is 13.0. The van der Waals surface area contributed by atoms with Gasteiger partial charge in [0.05, 0.1) is 28.4 Å². The van der Waals surface area contributed by atoms with Crippen molar-refractivity contribution in [2.75, 3.05) is 24.2 Å². The summed E-state index contributed by atoms with van der Waals surface area (Å²) in [6, 6.07) is 22.0. The van der Waals surface area contributed by atoms with Gasteiger partial charge in [0.25, 0.3) is 15.9 Å². The zero-order chi connectivity index (χ0) is 31.9. The molecule has 44 heavy (non-hydrogen) atoms. The lowest BCUT2D eigenvalue weighted by molar-refractivity contribution is -0.119. The van der Waals surface area contributed by atoms with Gasteiger partial charge < -0.3 is 9.47 Å². The van der Waals surface area contributed by atoms with Crippen LogP contribution in [0.3, 0.4) is 0 Å². The lowest BCUT2D eigenvalue weighted by Gasteiger charge is -2.24. The largest absolute Gasteiger partial charge is 0.493 e. The lowest BCUT2D eigenvalue weighted by Crippen LogP contribution is -2.39. The molecule has 0 spiro atoms. The van der Waals surface area contributed by atoms with Gasteiger partial charge in [-0.15, -0.1) is 11.8 Å². The number of aryl methyl sites for hydroxylation is 1. The summed E-state index contributed by atoms with van der Waals surface area (Å²) in [6.07, 6.45) is 3.32. The van der Waals surface area contributed by atoms with Crippen LogP contribution in [0.4, 0.5) is 5.69 Å². The molecule has 0 unspecified atom stereocenters. The molecule has 8 nitrogen and oxygen atoms in total. The minimum atomic E-state index is -4.05. The topological polar surface area (TPSA) is 97.3 Å². The summed E-state index contributed by atoms with van der Waals surface area (Å²) in [5.74, 6) is 0.238. The molecule has 0 heterocycles. The minimum Gasteiger partial charge on any atom is -0.493 e. The molecule has 1 N–H and O–H groups in total. The molecule has 4 aromatic rings. The Hall–Kier alpha value is -3.22. The van der Waals surface area contributed by atoms with Crippen LogP contribution in [0.2, 0.25) is 10.0 Å². The minimum absolute atomic E-state index is 0.0739. The van der Waals surface area contributed by atoms with Gasteiger partial charge in [0.2, 0.25) is 0 Å². The van der Waals surface area contributed by atoms with Crippen LogP contribution in [0.25, 0.3) is 0 Å². The maximum Gasteiger partial charge on any atom is 0.264 e. The van der Waals surface area contributed by atoms with E-state index in [9.17, 15) is 13.2 Å². The molecule has 0 aliphatic carbocycles. The lowest BCUT2D eigenvalue weighted by atomic mass is 10.2. The fourth-order valence-corrected chi connectivity index (χ4v) is 6.86. The molecule has 0 fully saturated rings. The van der Waals surface area contributed by atoms with Gasteiger partial charge in [-0.3, -0.25) is 9.10 Å². The van der Waals surface area contributed by atoms with E-state index in [1.807, 2.05) is 13.2 Å². The molecule has 0 bridgehead atoms. The molecule has 0 radical (unpaired) electrons. The second kappa shape index (κ2) is 15.2. The number of halogens is 3. The predicted octanol–water partition coefficient (Wildman–Crippen LogP) is 7.72. The van der Waals surface area contributed by atoms with Crippen LogP contribution in [-0.2, 0) is 21.4 Å². The number of carbonyl (C=O) groups is 1. The Kier molecular flexibility index (Phi) is 11.6. The average molecular weight is 738 g/mol. The number of nitrogens with zero attached hydrogens (tertiary/aromatic N) is 2. The van der Waals surface area contributed by atoms with Gasteiger partial charge in [0, 0.05) is 20.5 Å². The van der Waals surface area contributed by atoms with Crippen LogP contribution < -0.4 is 19.2 Å². The van der Waals surface area contributed by atoms with E-state index >= 15 is 0 Å². The number of amides is 1. The highest BCUT2D eigenvalue weighted by molar-refractivity contribution is 9.10. The first kappa shape index (κ1) is 33.7. The van der Waals surface area contributed by atoms with Gasteiger partial charge in [0.15, 0.2) is 11.5 Å². The van der Waals surface area contributed by atoms with E-state index in [4.69, 9.17) is 32.7 Å². The summed E-state index contributed by atoms with van der Waals surface area (Å²) in [5.41, 5.74) is 5.06. The van der Waals surface area contributed by atoms with Crippen molar-refractivity contribution in [3.63, 3.8) is 0 Å². The highest BCUT2D eigenvalue weighted by atomic mass is 79.9. The Morgan fingerprint density at radius 3 is 2.39 bits per heavy atom.